The molecule has 1 heterocycles. The van der Waals surface area contributed by atoms with Crippen molar-refractivity contribution >= 4 is 23.3 Å². The third kappa shape index (κ3) is 3.91. The third-order valence-electron chi connectivity index (χ3n) is 4.06. The van der Waals surface area contributed by atoms with Crippen LogP contribution in [0, 0.1) is 0 Å². The maximum Gasteiger partial charge on any atom is 0.119 e. The predicted molar refractivity (Wildman–Crippen MR) is 99.4 cm³/mol. The van der Waals surface area contributed by atoms with E-state index in [1.165, 1.54) is 21.6 Å². The summed E-state index contributed by atoms with van der Waals surface area (Å²) in [6, 6.07) is 8.58. The van der Waals surface area contributed by atoms with Crippen LogP contribution in [-0.4, -0.2) is 24.5 Å². The molecule has 0 spiro atoms. The highest BCUT2D eigenvalue weighted by atomic mass is 32.2. The van der Waals surface area contributed by atoms with Gasteiger partial charge in [0.05, 0.1) is 12.7 Å². The number of benzene rings is 1. The van der Waals surface area contributed by atoms with Crippen LogP contribution in [0.5, 0.6) is 5.75 Å². The first kappa shape index (κ1) is 16.8. The number of aryl methyl sites for hydroxylation is 2. The minimum Gasteiger partial charge on any atom is -0.494 e. The Morgan fingerprint density at radius 1 is 1.30 bits per heavy atom. The molecule has 1 aromatic heterocycles. The number of hydrogen-bond donors (Lipinski definition) is 2. The van der Waals surface area contributed by atoms with Crippen molar-refractivity contribution in [3.8, 4) is 16.2 Å². The summed E-state index contributed by atoms with van der Waals surface area (Å²) in [5.41, 5.74) is 4.03. The second kappa shape index (κ2) is 7.71. The Morgan fingerprint density at radius 2 is 2.13 bits per heavy atom. The normalized spacial score (nSPS) is 14.2. The highest BCUT2D eigenvalue weighted by Gasteiger charge is 2.21. The van der Waals surface area contributed by atoms with Gasteiger partial charge in [-0.05, 0) is 73.4 Å². The number of rotatable bonds is 7. The number of fused-ring (bicyclic) bond motifs is 3. The molecule has 1 aliphatic carbocycles. The molecule has 0 bridgehead atoms. The molecule has 0 amide bonds. The van der Waals surface area contributed by atoms with Crippen molar-refractivity contribution in [2.45, 2.75) is 32.3 Å². The summed E-state index contributed by atoms with van der Waals surface area (Å²) in [7, 11) is 0. The molecule has 5 heteroatoms. The van der Waals surface area contributed by atoms with Crippen LogP contribution in [0.4, 0.5) is 0 Å². The van der Waals surface area contributed by atoms with Gasteiger partial charge >= 0.3 is 0 Å². The van der Waals surface area contributed by atoms with Crippen LogP contribution in [0.3, 0.4) is 0 Å². The van der Waals surface area contributed by atoms with Crippen LogP contribution < -0.4 is 9.46 Å². The van der Waals surface area contributed by atoms with E-state index in [0.29, 0.717) is 0 Å². The Bertz CT molecular complexity index is 667. The summed E-state index contributed by atoms with van der Waals surface area (Å²) in [6.45, 7) is 3.54. The summed E-state index contributed by atoms with van der Waals surface area (Å²) >= 11 is 3.36. The number of nitrogens with one attached hydrogen (secondary N) is 1. The van der Waals surface area contributed by atoms with Crippen molar-refractivity contribution in [3.63, 3.8) is 0 Å². The molecule has 0 fully saturated rings. The van der Waals surface area contributed by atoms with Gasteiger partial charge in [0.2, 0.25) is 0 Å². The number of hydrogen-bond acceptors (Lipinski definition) is 5. The van der Waals surface area contributed by atoms with Crippen molar-refractivity contribution in [2.24, 2.45) is 0 Å². The highest BCUT2D eigenvalue weighted by Crippen LogP contribution is 2.42. The fraction of sp³-hybridized carbons (Fsp3) is 0.444. The predicted octanol–water partition coefficient (Wildman–Crippen LogP) is 4.20. The Balaban J connectivity index is 1.71. The van der Waals surface area contributed by atoms with Gasteiger partial charge in [0.15, 0.2) is 0 Å². The monoisotopic (exact) mass is 349 g/mol. The molecule has 0 saturated heterocycles. The first-order valence-corrected chi connectivity index (χ1v) is 10.1. The molecule has 124 valence electrons. The smallest absolute Gasteiger partial charge is 0.119 e. The molecule has 2 N–H and O–H groups in total. The largest absolute Gasteiger partial charge is 0.494 e. The van der Waals surface area contributed by atoms with Crippen LogP contribution in [0.15, 0.2) is 24.3 Å². The average molecular weight is 350 g/mol. The van der Waals surface area contributed by atoms with E-state index >= 15 is 0 Å². The van der Waals surface area contributed by atoms with Crippen molar-refractivity contribution in [1.82, 2.24) is 4.72 Å². The molecule has 1 aromatic carbocycles. The van der Waals surface area contributed by atoms with E-state index in [1.54, 1.807) is 23.3 Å². The van der Waals surface area contributed by atoms with Gasteiger partial charge < -0.3 is 9.84 Å². The van der Waals surface area contributed by atoms with Gasteiger partial charge in [-0.3, -0.25) is 4.72 Å². The Hall–Kier alpha value is -1.01. The first-order chi connectivity index (χ1) is 11.2. The zero-order valence-electron chi connectivity index (χ0n) is 13.6. The maximum absolute atomic E-state index is 9.81. The summed E-state index contributed by atoms with van der Waals surface area (Å²) in [6.07, 6.45) is 4.75. The van der Waals surface area contributed by atoms with E-state index in [-0.39, 0.29) is 6.10 Å². The molecule has 2 aromatic rings. The van der Waals surface area contributed by atoms with Gasteiger partial charge in [-0.25, -0.2) is 0 Å². The second-order valence-electron chi connectivity index (χ2n) is 5.80. The zero-order chi connectivity index (χ0) is 16.2. The highest BCUT2D eigenvalue weighted by molar-refractivity contribution is 7.96. The molecule has 0 aliphatic heterocycles. The Labute approximate surface area is 146 Å². The van der Waals surface area contributed by atoms with Crippen LogP contribution in [-0.2, 0) is 12.8 Å². The molecule has 0 saturated carbocycles. The molecule has 23 heavy (non-hydrogen) atoms. The quantitative estimate of drug-likeness (QED) is 0.580. The SMILES string of the molecule is CSNCCCOc1ccc2c(c1)CCc1cc(C(C)O)sc1-2. The number of thiophene rings is 1. The van der Waals surface area contributed by atoms with Crippen molar-refractivity contribution in [3.05, 3.63) is 40.3 Å². The van der Waals surface area contributed by atoms with Gasteiger partial charge in [0, 0.05) is 16.3 Å². The molecular formula is C18H23NO2S2. The van der Waals surface area contributed by atoms with Crippen LogP contribution in [0.25, 0.3) is 10.4 Å². The van der Waals surface area contributed by atoms with E-state index in [4.69, 9.17) is 4.74 Å². The lowest BCUT2D eigenvalue weighted by atomic mass is 9.91. The van der Waals surface area contributed by atoms with Crippen molar-refractivity contribution < 1.29 is 9.84 Å². The molecule has 1 aliphatic rings. The van der Waals surface area contributed by atoms with Gasteiger partial charge in [0.1, 0.15) is 5.75 Å². The topological polar surface area (TPSA) is 41.5 Å². The number of ether oxygens (including phenoxy) is 1. The van der Waals surface area contributed by atoms with E-state index < -0.39 is 0 Å². The molecule has 0 radical (unpaired) electrons. The minimum absolute atomic E-state index is 0.383. The molecule has 3 rings (SSSR count). The first-order valence-electron chi connectivity index (χ1n) is 8.01. The lowest BCUT2D eigenvalue weighted by Crippen LogP contribution is -2.09. The Kier molecular flexibility index (Phi) is 5.64. The van der Waals surface area contributed by atoms with Crippen LogP contribution in [0.2, 0.25) is 0 Å². The maximum atomic E-state index is 9.81. The third-order valence-corrected chi connectivity index (χ3v) is 5.93. The summed E-state index contributed by atoms with van der Waals surface area (Å²) < 4.78 is 9.09. The van der Waals surface area contributed by atoms with E-state index in [1.807, 2.05) is 13.2 Å². The zero-order valence-corrected chi connectivity index (χ0v) is 15.2. The molecule has 1 unspecified atom stereocenters. The Morgan fingerprint density at radius 3 is 2.91 bits per heavy atom. The van der Waals surface area contributed by atoms with Gasteiger partial charge in [-0.1, -0.05) is 11.9 Å². The fourth-order valence-electron chi connectivity index (χ4n) is 2.86. The van der Waals surface area contributed by atoms with Gasteiger partial charge in [-0.2, -0.15) is 0 Å². The minimum atomic E-state index is -0.383. The summed E-state index contributed by atoms with van der Waals surface area (Å²) in [4.78, 5) is 2.38. The van der Waals surface area contributed by atoms with Crippen molar-refractivity contribution in [1.29, 1.82) is 0 Å². The van der Waals surface area contributed by atoms with Gasteiger partial charge in [-0.15, -0.1) is 11.3 Å². The lowest BCUT2D eigenvalue weighted by molar-refractivity contribution is 0.203. The summed E-state index contributed by atoms with van der Waals surface area (Å²) in [5, 5.41) is 9.81. The summed E-state index contributed by atoms with van der Waals surface area (Å²) in [5.74, 6) is 0.962. The lowest BCUT2D eigenvalue weighted by Gasteiger charge is -2.17. The fourth-order valence-corrected chi connectivity index (χ4v) is 4.42. The van der Waals surface area contributed by atoms with E-state index in [9.17, 15) is 5.11 Å². The second-order valence-corrected chi connectivity index (χ2v) is 7.58. The van der Waals surface area contributed by atoms with E-state index in [2.05, 4.69) is 29.0 Å². The van der Waals surface area contributed by atoms with Crippen LogP contribution in [0.1, 0.15) is 35.5 Å². The van der Waals surface area contributed by atoms with Crippen molar-refractivity contribution in [2.75, 3.05) is 19.4 Å². The number of aliphatic hydroxyl groups is 1. The average Bonchev–Trinajstić information content (AvgIpc) is 2.99. The molecular weight excluding hydrogens is 326 g/mol. The molecule has 1 atom stereocenters. The standard InChI is InChI=1S/C18H23NO2S2/c1-12(20)17-11-14-5-4-13-10-15(21-9-3-8-19-22-2)6-7-16(13)18(14)23-17/h6-7,10-12,19-20H,3-5,8-9H2,1-2H3. The van der Waals surface area contributed by atoms with E-state index in [0.717, 1.165) is 43.0 Å². The number of aliphatic hydroxyl groups excluding tert-OH is 1. The van der Waals surface area contributed by atoms with Crippen LogP contribution >= 0.6 is 23.3 Å². The van der Waals surface area contributed by atoms with Gasteiger partial charge in [0.25, 0.3) is 0 Å². The molecule has 3 nitrogen and oxygen atoms in total.